The van der Waals surface area contributed by atoms with E-state index in [-0.39, 0.29) is 29.2 Å². The Bertz CT molecular complexity index is 974. The van der Waals surface area contributed by atoms with Gasteiger partial charge >= 0.3 is 0 Å². The third kappa shape index (κ3) is 4.84. The fourth-order valence-corrected chi connectivity index (χ4v) is 5.17. The van der Waals surface area contributed by atoms with Crippen LogP contribution in [0.3, 0.4) is 0 Å². The molecule has 0 aromatic heterocycles. The van der Waals surface area contributed by atoms with Gasteiger partial charge in [-0.15, -0.1) is 0 Å². The number of halogens is 1. The zero-order chi connectivity index (χ0) is 22.7. The smallest absolute Gasteiger partial charge is 0.251 e. The van der Waals surface area contributed by atoms with Crippen LogP contribution in [-0.2, 0) is 16.6 Å². The van der Waals surface area contributed by atoms with Crippen LogP contribution in [0.4, 0.5) is 0 Å². The summed E-state index contributed by atoms with van der Waals surface area (Å²) in [4.78, 5) is 27.3. The first kappa shape index (κ1) is 22.8. The molecule has 1 saturated carbocycles. The van der Waals surface area contributed by atoms with Crippen molar-refractivity contribution in [3.05, 3.63) is 70.2 Å². The van der Waals surface area contributed by atoms with Gasteiger partial charge in [0.15, 0.2) is 0 Å². The number of rotatable bonds is 8. The topological polar surface area (TPSA) is 61.4 Å². The second-order valence-electron chi connectivity index (χ2n) is 9.27. The highest BCUT2D eigenvalue weighted by Crippen LogP contribution is 2.53. The summed E-state index contributed by atoms with van der Waals surface area (Å²) >= 11 is 6.52. The van der Waals surface area contributed by atoms with E-state index < -0.39 is 0 Å². The van der Waals surface area contributed by atoms with Crippen molar-refractivity contribution >= 4 is 23.4 Å². The van der Waals surface area contributed by atoms with Gasteiger partial charge in [-0.1, -0.05) is 54.9 Å². The Morgan fingerprint density at radius 2 is 1.88 bits per heavy atom. The molecule has 2 aromatic carbocycles. The monoisotopic (exact) mass is 453 g/mol. The van der Waals surface area contributed by atoms with E-state index in [1.807, 2.05) is 30.3 Å². The number of hydrogen-bond acceptors (Lipinski definition) is 3. The molecule has 1 saturated heterocycles. The first-order valence-corrected chi connectivity index (χ1v) is 11.9. The number of likely N-dealkylation sites (tertiary alicyclic amines) is 1. The maximum absolute atomic E-state index is 13.0. The number of carbonyl (C=O) groups excluding carboxylic acids is 2. The van der Waals surface area contributed by atoms with Crippen molar-refractivity contribution in [3.63, 3.8) is 0 Å². The SMILES string of the molecule is CNC(=O)c1ccc(C[C@@H](CNC(=O)[C@H]2C[C@]2(C)c2ccccc2)N2CCCC2)c(Cl)c1. The number of nitrogens with zero attached hydrogens (tertiary/aromatic N) is 1. The number of hydrogen-bond donors (Lipinski definition) is 2. The summed E-state index contributed by atoms with van der Waals surface area (Å²) in [7, 11) is 1.61. The molecule has 3 atom stereocenters. The second-order valence-corrected chi connectivity index (χ2v) is 9.68. The molecule has 32 heavy (non-hydrogen) atoms. The van der Waals surface area contributed by atoms with E-state index in [2.05, 4.69) is 34.6 Å². The molecule has 0 spiro atoms. The average Bonchev–Trinajstić information content (AvgIpc) is 3.23. The highest BCUT2D eigenvalue weighted by molar-refractivity contribution is 6.31. The summed E-state index contributed by atoms with van der Waals surface area (Å²) in [5.41, 5.74) is 2.74. The average molecular weight is 454 g/mol. The lowest BCUT2D eigenvalue weighted by atomic mass is 9.95. The molecule has 0 bridgehead atoms. The molecule has 0 radical (unpaired) electrons. The largest absolute Gasteiger partial charge is 0.355 e. The third-order valence-corrected chi connectivity index (χ3v) is 7.51. The Hall–Kier alpha value is -2.37. The van der Waals surface area contributed by atoms with Crippen LogP contribution in [0.5, 0.6) is 0 Å². The number of amides is 2. The first-order valence-electron chi connectivity index (χ1n) is 11.5. The molecule has 2 aliphatic rings. The molecule has 2 N–H and O–H groups in total. The molecular formula is C26H32ClN3O2. The van der Waals surface area contributed by atoms with Crippen molar-refractivity contribution in [1.82, 2.24) is 15.5 Å². The standard InChI is InChI=1S/C26H32ClN3O2/c1-26(20-8-4-3-5-9-20)16-22(26)25(32)29-17-21(30-12-6-7-13-30)14-18-10-11-19(15-23(18)27)24(31)28-2/h3-5,8-11,15,21-22H,6-7,12-14,16-17H2,1-2H3,(H,28,31)(H,29,32)/t21-,22+,26+/m0/s1. The maximum atomic E-state index is 13.0. The van der Waals surface area contributed by atoms with Crippen molar-refractivity contribution in [2.75, 3.05) is 26.7 Å². The Morgan fingerprint density at radius 1 is 1.16 bits per heavy atom. The fraction of sp³-hybridized carbons (Fsp3) is 0.462. The normalized spacial score (nSPS) is 23.5. The highest BCUT2D eigenvalue weighted by Gasteiger charge is 2.55. The van der Waals surface area contributed by atoms with E-state index in [0.29, 0.717) is 17.1 Å². The Labute approximate surface area is 195 Å². The van der Waals surface area contributed by atoms with Gasteiger partial charge in [0.1, 0.15) is 0 Å². The van der Waals surface area contributed by atoms with Gasteiger partial charge in [-0.05, 0) is 62.0 Å². The molecule has 1 aliphatic carbocycles. The first-order chi connectivity index (χ1) is 15.4. The van der Waals surface area contributed by atoms with Crippen LogP contribution >= 0.6 is 11.6 Å². The molecule has 0 unspecified atom stereocenters. The molecule has 170 valence electrons. The van der Waals surface area contributed by atoms with Crippen LogP contribution in [0.15, 0.2) is 48.5 Å². The zero-order valence-electron chi connectivity index (χ0n) is 18.9. The minimum atomic E-state index is -0.146. The summed E-state index contributed by atoms with van der Waals surface area (Å²) in [6.45, 7) is 4.87. The van der Waals surface area contributed by atoms with Gasteiger partial charge in [0.2, 0.25) is 5.91 Å². The molecule has 4 rings (SSSR count). The molecule has 6 heteroatoms. The Morgan fingerprint density at radius 3 is 2.53 bits per heavy atom. The lowest BCUT2D eigenvalue weighted by Gasteiger charge is -2.28. The summed E-state index contributed by atoms with van der Waals surface area (Å²) in [5, 5.41) is 6.46. The van der Waals surface area contributed by atoms with Gasteiger partial charge in [0.25, 0.3) is 5.91 Å². The van der Waals surface area contributed by atoms with E-state index >= 15 is 0 Å². The van der Waals surface area contributed by atoms with Crippen molar-refractivity contribution in [2.24, 2.45) is 5.92 Å². The van der Waals surface area contributed by atoms with Gasteiger partial charge in [0, 0.05) is 41.6 Å². The number of benzene rings is 2. The van der Waals surface area contributed by atoms with E-state index in [9.17, 15) is 9.59 Å². The predicted molar refractivity (Wildman–Crippen MR) is 128 cm³/mol. The van der Waals surface area contributed by atoms with Crippen LogP contribution < -0.4 is 10.6 Å². The molecule has 5 nitrogen and oxygen atoms in total. The van der Waals surface area contributed by atoms with E-state index in [1.165, 1.54) is 18.4 Å². The van der Waals surface area contributed by atoms with E-state index in [0.717, 1.165) is 31.5 Å². The van der Waals surface area contributed by atoms with Crippen molar-refractivity contribution in [2.45, 2.75) is 44.1 Å². The van der Waals surface area contributed by atoms with Crippen LogP contribution in [0.25, 0.3) is 0 Å². The minimum Gasteiger partial charge on any atom is -0.355 e. The van der Waals surface area contributed by atoms with Gasteiger partial charge in [0.05, 0.1) is 0 Å². The molecule has 2 aromatic rings. The van der Waals surface area contributed by atoms with E-state index in [4.69, 9.17) is 11.6 Å². The van der Waals surface area contributed by atoms with Crippen LogP contribution in [0.1, 0.15) is 47.7 Å². The minimum absolute atomic E-state index is 0.0274. The van der Waals surface area contributed by atoms with Gasteiger partial charge in [-0.3, -0.25) is 14.5 Å². The molecule has 2 amide bonds. The van der Waals surface area contributed by atoms with E-state index in [1.54, 1.807) is 13.1 Å². The Balaban J connectivity index is 1.41. The predicted octanol–water partition coefficient (Wildman–Crippen LogP) is 3.80. The second kappa shape index (κ2) is 9.63. The summed E-state index contributed by atoms with van der Waals surface area (Å²) < 4.78 is 0. The molecule has 1 aliphatic heterocycles. The Kier molecular flexibility index (Phi) is 6.87. The summed E-state index contributed by atoms with van der Waals surface area (Å²) in [6, 6.07) is 16.0. The van der Waals surface area contributed by atoms with Gasteiger partial charge in [-0.2, -0.15) is 0 Å². The molecule has 2 fully saturated rings. The summed E-state index contributed by atoms with van der Waals surface area (Å²) in [6.07, 6.45) is 4.00. The van der Waals surface area contributed by atoms with Crippen LogP contribution in [0, 0.1) is 5.92 Å². The number of carbonyl (C=O) groups is 2. The molecular weight excluding hydrogens is 422 g/mol. The lowest BCUT2D eigenvalue weighted by Crippen LogP contribution is -2.44. The zero-order valence-corrected chi connectivity index (χ0v) is 19.6. The van der Waals surface area contributed by atoms with Crippen molar-refractivity contribution in [3.8, 4) is 0 Å². The van der Waals surface area contributed by atoms with Gasteiger partial charge < -0.3 is 10.6 Å². The number of nitrogens with one attached hydrogen (secondary N) is 2. The van der Waals surface area contributed by atoms with Crippen molar-refractivity contribution in [1.29, 1.82) is 0 Å². The lowest BCUT2D eigenvalue weighted by molar-refractivity contribution is -0.123. The van der Waals surface area contributed by atoms with Crippen molar-refractivity contribution < 1.29 is 9.59 Å². The maximum Gasteiger partial charge on any atom is 0.251 e. The quantitative estimate of drug-likeness (QED) is 0.639. The fourth-order valence-electron chi connectivity index (χ4n) is 4.92. The molecule has 1 heterocycles. The van der Waals surface area contributed by atoms with Crippen LogP contribution in [-0.4, -0.2) is 49.4 Å². The van der Waals surface area contributed by atoms with Crippen LogP contribution in [0.2, 0.25) is 5.02 Å². The highest BCUT2D eigenvalue weighted by atomic mass is 35.5. The van der Waals surface area contributed by atoms with Gasteiger partial charge in [-0.25, -0.2) is 0 Å². The third-order valence-electron chi connectivity index (χ3n) is 7.15. The summed E-state index contributed by atoms with van der Waals surface area (Å²) in [5.74, 6) is 0.0221.